The van der Waals surface area contributed by atoms with E-state index in [1.54, 1.807) is 0 Å². The summed E-state index contributed by atoms with van der Waals surface area (Å²) < 4.78 is 0. The average Bonchev–Trinajstić information content (AvgIpc) is 2.32. The second-order valence-corrected chi connectivity index (χ2v) is 5.61. The predicted molar refractivity (Wildman–Crippen MR) is 71.8 cm³/mol. The van der Waals surface area contributed by atoms with Crippen LogP contribution < -0.4 is 5.32 Å². The molecule has 3 unspecified atom stereocenters. The lowest BCUT2D eigenvalue weighted by Gasteiger charge is -2.32. The lowest BCUT2D eigenvalue weighted by atomic mass is 9.79. The van der Waals surface area contributed by atoms with Crippen molar-refractivity contribution >= 4 is 0 Å². The molecule has 1 saturated carbocycles. The fourth-order valence-corrected chi connectivity index (χ4v) is 2.68. The largest absolute Gasteiger partial charge is 0.308 e. The highest BCUT2D eigenvalue weighted by atomic mass is 14.9. The SMILES string of the molecule is Cc1cccnc1CNC1CCC(C)C(C)C1. The van der Waals surface area contributed by atoms with E-state index in [0.29, 0.717) is 6.04 Å². The summed E-state index contributed by atoms with van der Waals surface area (Å²) in [5.74, 6) is 1.75. The van der Waals surface area contributed by atoms with Gasteiger partial charge < -0.3 is 5.32 Å². The standard InChI is InChI=1S/C15H24N2/c1-11-6-7-14(9-13(11)3)17-10-15-12(2)5-4-8-16-15/h4-5,8,11,13-14,17H,6-7,9-10H2,1-3H3. The fourth-order valence-electron chi connectivity index (χ4n) is 2.68. The number of nitrogens with zero attached hydrogens (tertiary/aromatic N) is 1. The van der Waals surface area contributed by atoms with Crippen LogP contribution in [0.25, 0.3) is 0 Å². The van der Waals surface area contributed by atoms with Gasteiger partial charge in [-0.1, -0.05) is 19.9 Å². The van der Waals surface area contributed by atoms with Crippen molar-refractivity contribution < 1.29 is 0 Å². The molecule has 2 heteroatoms. The number of aromatic nitrogens is 1. The molecule has 1 aliphatic carbocycles. The number of hydrogen-bond acceptors (Lipinski definition) is 2. The first-order chi connectivity index (χ1) is 8.16. The Morgan fingerprint density at radius 1 is 1.29 bits per heavy atom. The Kier molecular flexibility index (Phi) is 4.16. The summed E-state index contributed by atoms with van der Waals surface area (Å²) in [5, 5.41) is 3.67. The minimum atomic E-state index is 0.683. The highest BCUT2D eigenvalue weighted by molar-refractivity contribution is 5.17. The molecule has 0 bridgehead atoms. The van der Waals surface area contributed by atoms with Gasteiger partial charge in [0, 0.05) is 18.8 Å². The molecule has 0 radical (unpaired) electrons. The van der Waals surface area contributed by atoms with E-state index in [1.165, 1.54) is 30.5 Å². The third kappa shape index (κ3) is 3.29. The molecule has 1 heterocycles. The van der Waals surface area contributed by atoms with Gasteiger partial charge in [0.1, 0.15) is 0 Å². The average molecular weight is 232 g/mol. The number of hydrogen-bond donors (Lipinski definition) is 1. The summed E-state index contributed by atoms with van der Waals surface area (Å²) in [4.78, 5) is 4.43. The van der Waals surface area contributed by atoms with E-state index in [1.807, 2.05) is 12.3 Å². The zero-order valence-electron chi connectivity index (χ0n) is 11.2. The van der Waals surface area contributed by atoms with Crippen LogP contribution >= 0.6 is 0 Å². The van der Waals surface area contributed by atoms with E-state index < -0.39 is 0 Å². The van der Waals surface area contributed by atoms with Crippen molar-refractivity contribution in [3.63, 3.8) is 0 Å². The maximum absolute atomic E-state index is 4.43. The maximum atomic E-state index is 4.43. The van der Waals surface area contributed by atoms with Gasteiger partial charge in [-0.05, 0) is 49.7 Å². The van der Waals surface area contributed by atoms with Crippen molar-refractivity contribution in [2.45, 2.75) is 52.6 Å². The zero-order chi connectivity index (χ0) is 12.3. The highest BCUT2D eigenvalue weighted by Crippen LogP contribution is 2.29. The van der Waals surface area contributed by atoms with Crippen LogP contribution in [0.4, 0.5) is 0 Å². The van der Waals surface area contributed by atoms with Gasteiger partial charge in [-0.2, -0.15) is 0 Å². The van der Waals surface area contributed by atoms with Gasteiger partial charge in [-0.15, -0.1) is 0 Å². The number of rotatable bonds is 3. The summed E-state index contributed by atoms with van der Waals surface area (Å²) in [7, 11) is 0. The Morgan fingerprint density at radius 3 is 2.82 bits per heavy atom. The fraction of sp³-hybridized carbons (Fsp3) is 0.667. The monoisotopic (exact) mass is 232 g/mol. The van der Waals surface area contributed by atoms with Crippen molar-refractivity contribution in [3.05, 3.63) is 29.6 Å². The molecule has 94 valence electrons. The molecular formula is C15H24N2. The Bertz CT molecular complexity index is 362. The highest BCUT2D eigenvalue weighted by Gasteiger charge is 2.24. The van der Waals surface area contributed by atoms with E-state index in [9.17, 15) is 0 Å². The predicted octanol–water partition coefficient (Wildman–Crippen LogP) is 3.30. The van der Waals surface area contributed by atoms with Crippen LogP contribution in [0, 0.1) is 18.8 Å². The van der Waals surface area contributed by atoms with Crippen LogP contribution in [0.1, 0.15) is 44.4 Å². The van der Waals surface area contributed by atoms with E-state index in [-0.39, 0.29) is 0 Å². The van der Waals surface area contributed by atoms with Gasteiger partial charge in [0.25, 0.3) is 0 Å². The molecular weight excluding hydrogens is 208 g/mol. The zero-order valence-corrected chi connectivity index (χ0v) is 11.2. The lowest BCUT2D eigenvalue weighted by molar-refractivity contribution is 0.225. The van der Waals surface area contributed by atoms with Crippen molar-refractivity contribution in [1.29, 1.82) is 0 Å². The Hall–Kier alpha value is -0.890. The van der Waals surface area contributed by atoms with Crippen molar-refractivity contribution in [3.8, 4) is 0 Å². The molecule has 0 amide bonds. The van der Waals surface area contributed by atoms with Crippen LogP contribution in [-0.4, -0.2) is 11.0 Å². The van der Waals surface area contributed by atoms with Gasteiger partial charge in [0.15, 0.2) is 0 Å². The van der Waals surface area contributed by atoms with Gasteiger partial charge in [-0.3, -0.25) is 4.98 Å². The molecule has 2 rings (SSSR count). The first-order valence-corrected chi connectivity index (χ1v) is 6.80. The van der Waals surface area contributed by atoms with Crippen LogP contribution in [0.3, 0.4) is 0 Å². The van der Waals surface area contributed by atoms with Gasteiger partial charge in [0.05, 0.1) is 5.69 Å². The van der Waals surface area contributed by atoms with Crippen molar-refractivity contribution in [1.82, 2.24) is 10.3 Å². The second kappa shape index (κ2) is 5.63. The molecule has 0 aromatic carbocycles. The van der Waals surface area contributed by atoms with Gasteiger partial charge in [0.2, 0.25) is 0 Å². The smallest absolute Gasteiger partial charge is 0.0570 e. The quantitative estimate of drug-likeness (QED) is 0.865. The second-order valence-electron chi connectivity index (χ2n) is 5.61. The van der Waals surface area contributed by atoms with E-state index in [0.717, 1.165) is 18.4 Å². The van der Waals surface area contributed by atoms with E-state index in [4.69, 9.17) is 0 Å². The maximum Gasteiger partial charge on any atom is 0.0570 e. The molecule has 3 atom stereocenters. The van der Waals surface area contributed by atoms with Crippen molar-refractivity contribution in [2.75, 3.05) is 0 Å². The molecule has 0 aliphatic heterocycles. The summed E-state index contributed by atoms with van der Waals surface area (Å²) in [6.45, 7) is 7.81. The normalized spacial score (nSPS) is 29.2. The molecule has 17 heavy (non-hydrogen) atoms. The first kappa shape index (κ1) is 12.6. The molecule has 2 nitrogen and oxygen atoms in total. The Labute approximate surface area is 105 Å². The van der Waals surface area contributed by atoms with E-state index in [2.05, 4.69) is 37.1 Å². The van der Waals surface area contributed by atoms with E-state index >= 15 is 0 Å². The molecule has 0 saturated heterocycles. The summed E-state index contributed by atoms with van der Waals surface area (Å²) >= 11 is 0. The third-order valence-electron chi connectivity index (χ3n) is 4.27. The summed E-state index contributed by atoms with van der Waals surface area (Å²) in [6, 6.07) is 4.82. The molecule has 1 aromatic heterocycles. The Balaban J connectivity index is 1.85. The topological polar surface area (TPSA) is 24.9 Å². The van der Waals surface area contributed by atoms with Crippen LogP contribution in [-0.2, 0) is 6.54 Å². The van der Waals surface area contributed by atoms with Gasteiger partial charge in [-0.25, -0.2) is 0 Å². The third-order valence-corrected chi connectivity index (χ3v) is 4.27. The number of nitrogens with one attached hydrogen (secondary N) is 1. The lowest BCUT2D eigenvalue weighted by Crippen LogP contribution is -2.36. The molecule has 1 fully saturated rings. The van der Waals surface area contributed by atoms with Crippen molar-refractivity contribution in [2.24, 2.45) is 11.8 Å². The minimum Gasteiger partial charge on any atom is -0.308 e. The Morgan fingerprint density at radius 2 is 2.12 bits per heavy atom. The summed E-state index contributed by atoms with van der Waals surface area (Å²) in [5.41, 5.74) is 2.48. The number of aryl methyl sites for hydroxylation is 1. The summed E-state index contributed by atoms with van der Waals surface area (Å²) in [6.07, 6.45) is 5.88. The van der Waals surface area contributed by atoms with Gasteiger partial charge >= 0.3 is 0 Å². The molecule has 1 N–H and O–H groups in total. The molecule has 0 spiro atoms. The van der Waals surface area contributed by atoms with Crippen LogP contribution in [0.15, 0.2) is 18.3 Å². The number of pyridine rings is 1. The van der Waals surface area contributed by atoms with Crippen LogP contribution in [0.2, 0.25) is 0 Å². The molecule has 1 aliphatic rings. The first-order valence-electron chi connectivity index (χ1n) is 6.80. The molecule has 1 aromatic rings. The minimum absolute atomic E-state index is 0.683. The van der Waals surface area contributed by atoms with Crippen LogP contribution in [0.5, 0.6) is 0 Å².